The van der Waals surface area contributed by atoms with Crippen molar-refractivity contribution in [2.75, 3.05) is 6.61 Å². The third kappa shape index (κ3) is 4.36. The Bertz CT molecular complexity index is 517. The molecule has 5 heteroatoms. The van der Waals surface area contributed by atoms with Gasteiger partial charge in [0, 0.05) is 16.6 Å². The first-order valence-electron chi connectivity index (χ1n) is 7.29. The number of carbonyl (C=O) groups is 1. The summed E-state index contributed by atoms with van der Waals surface area (Å²) in [5, 5.41) is 0.507. The van der Waals surface area contributed by atoms with Crippen molar-refractivity contribution in [2.45, 2.75) is 45.7 Å². The monoisotopic (exact) mass is 373 g/mol. The Kier molecular flexibility index (Phi) is 5.55. The minimum Gasteiger partial charge on any atom is -0.482 e. The molecular weight excluding hydrogens is 354 g/mol. The Labute approximate surface area is 139 Å². The Balaban J connectivity index is 1.99. The van der Waals surface area contributed by atoms with Gasteiger partial charge in [0.25, 0.3) is 5.91 Å². The molecule has 2 rings (SSSR count). The molecule has 3 nitrogen and oxygen atoms in total. The summed E-state index contributed by atoms with van der Waals surface area (Å²) in [5.74, 6) is 1.02. The highest BCUT2D eigenvalue weighted by atomic mass is 79.9. The van der Waals surface area contributed by atoms with Gasteiger partial charge in [0.05, 0.1) is 5.02 Å². The topological polar surface area (TPSA) is 29.5 Å². The number of benzene rings is 1. The van der Waals surface area contributed by atoms with Crippen LogP contribution < -0.4 is 4.74 Å². The lowest BCUT2D eigenvalue weighted by atomic mass is 10.0. The normalized spacial score (nSPS) is 15.9. The highest BCUT2D eigenvalue weighted by Gasteiger charge is 2.36. The molecule has 0 aliphatic heterocycles. The SMILES string of the molecule is CC(C)C(C)N(C(=O)COc1ccc(Br)cc1Cl)C1CC1. The lowest BCUT2D eigenvalue weighted by Gasteiger charge is -2.32. The lowest BCUT2D eigenvalue weighted by molar-refractivity contribution is -0.137. The molecule has 1 aromatic rings. The Morgan fingerprint density at radius 2 is 2.10 bits per heavy atom. The molecule has 1 saturated carbocycles. The maximum atomic E-state index is 12.5. The molecule has 0 aromatic heterocycles. The second kappa shape index (κ2) is 7.01. The number of hydrogen-bond acceptors (Lipinski definition) is 2. The number of hydrogen-bond donors (Lipinski definition) is 0. The van der Waals surface area contributed by atoms with E-state index in [2.05, 4.69) is 36.7 Å². The van der Waals surface area contributed by atoms with Crippen LogP contribution in [-0.2, 0) is 4.79 Å². The van der Waals surface area contributed by atoms with Gasteiger partial charge in [0.1, 0.15) is 5.75 Å². The van der Waals surface area contributed by atoms with Crippen molar-refractivity contribution in [1.29, 1.82) is 0 Å². The molecule has 0 saturated heterocycles. The zero-order chi connectivity index (χ0) is 15.6. The molecule has 21 heavy (non-hydrogen) atoms. The number of halogens is 2. The van der Waals surface area contributed by atoms with Gasteiger partial charge in [-0.25, -0.2) is 0 Å². The maximum absolute atomic E-state index is 12.5. The lowest BCUT2D eigenvalue weighted by Crippen LogP contribution is -2.45. The van der Waals surface area contributed by atoms with Crippen LogP contribution in [0.1, 0.15) is 33.6 Å². The van der Waals surface area contributed by atoms with E-state index in [1.807, 2.05) is 11.0 Å². The van der Waals surface area contributed by atoms with Gasteiger partial charge in [0.2, 0.25) is 0 Å². The van der Waals surface area contributed by atoms with E-state index in [0.29, 0.717) is 22.7 Å². The molecule has 0 heterocycles. The average molecular weight is 375 g/mol. The Hall–Kier alpha value is -0.740. The second-order valence-electron chi connectivity index (χ2n) is 5.88. The van der Waals surface area contributed by atoms with E-state index in [4.69, 9.17) is 16.3 Å². The van der Waals surface area contributed by atoms with Crippen LogP contribution in [0.3, 0.4) is 0 Å². The highest BCUT2D eigenvalue weighted by Crippen LogP contribution is 2.31. The van der Waals surface area contributed by atoms with Crippen LogP contribution in [0, 0.1) is 5.92 Å². The number of ether oxygens (including phenoxy) is 1. The van der Waals surface area contributed by atoms with E-state index >= 15 is 0 Å². The minimum absolute atomic E-state index is 0.0366. The predicted molar refractivity (Wildman–Crippen MR) is 88.8 cm³/mol. The van der Waals surface area contributed by atoms with Crippen molar-refractivity contribution < 1.29 is 9.53 Å². The smallest absolute Gasteiger partial charge is 0.261 e. The van der Waals surface area contributed by atoms with E-state index in [-0.39, 0.29) is 18.6 Å². The molecule has 0 N–H and O–H groups in total. The molecule has 116 valence electrons. The van der Waals surface area contributed by atoms with Crippen molar-refractivity contribution in [1.82, 2.24) is 4.90 Å². The van der Waals surface area contributed by atoms with Crippen molar-refractivity contribution in [2.24, 2.45) is 5.92 Å². The highest BCUT2D eigenvalue weighted by molar-refractivity contribution is 9.10. The van der Waals surface area contributed by atoms with E-state index in [0.717, 1.165) is 17.3 Å². The van der Waals surface area contributed by atoms with Gasteiger partial charge in [-0.2, -0.15) is 0 Å². The molecular formula is C16H21BrClNO2. The average Bonchev–Trinajstić information content (AvgIpc) is 3.22. The van der Waals surface area contributed by atoms with Gasteiger partial charge in [-0.05, 0) is 43.9 Å². The van der Waals surface area contributed by atoms with Crippen molar-refractivity contribution in [3.8, 4) is 5.75 Å². The standard InChI is InChI=1S/C16H21BrClNO2/c1-10(2)11(3)19(13-5-6-13)16(20)9-21-15-7-4-12(17)8-14(15)18/h4,7-8,10-11,13H,5-6,9H2,1-3H3. The van der Waals surface area contributed by atoms with Crippen molar-refractivity contribution >= 4 is 33.4 Å². The Morgan fingerprint density at radius 1 is 1.43 bits per heavy atom. The fourth-order valence-corrected chi connectivity index (χ4v) is 2.97. The summed E-state index contributed by atoms with van der Waals surface area (Å²) in [5.41, 5.74) is 0. The molecule has 0 bridgehead atoms. The largest absolute Gasteiger partial charge is 0.482 e. The number of nitrogens with zero attached hydrogens (tertiary/aromatic N) is 1. The molecule has 0 radical (unpaired) electrons. The molecule has 1 atom stereocenters. The molecule has 1 amide bonds. The summed E-state index contributed by atoms with van der Waals surface area (Å²) in [6.07, 6.45) is 2.20. The fourth-order valence-electron chi connectivity index (χ4n) is 2.24. The zero-order valence-electron chi connectivity index (χ0n) is 12.6. The summed E-state index contributed by atoms with van der Waals surface area (Å²) < 4.78 is 6.49. The van der Waals surface area contributed by atoms with E-state index in [9.17, 15) is 4.79 Å². The molecule has 1 aromatic carbocycles. The predicted octanol–water partition coefficient (Wildman–Crippen LogP) is 4.52. The summed E-state index contributed by atoms with van der Waals surface area (Å²) in [7, 11) is 0. The summed E-state index contributed by atoms with van der Waals surface area (Å²) in [6, 6.07) is 6.00. The van der Waals surface area contributed by atoms with E-state index in [1.54, 1.807) is 12.1 Å². The third-order valence-corrected chi connectivity index (χ3v) is 4.67. The number of rotatable bonds is 6. The minimum atomic E-state index is 0.0366. The van der Waals surface area contributed by atoms with Crippen LogP contribution in [0.4, 0.5) is 0 Å². The van der Waals surface area contributed by atoms with E-state index in [1.165, 1.54) is 0 Å². The number of carbonyl (C=O) groups excluding carboxylic acids is 1. The first kappa shape index (κ1) is 16.6. The van der Waals surface area contributed by atoms with Crippen molar-refractivity contribution in [3.05, 3.63) is 27.7 Å². The van der Waals surface area contributed by atoms with Gasteiger partial charge in [0.15, 0.2) is 6.61 Å². The number of amides is 1. The van der Waals surface area contributed by atoms with Crippen LogP contribution in [0.2, 0.25) is 5.02 Å². The van der Waals surface area contributed by atoms with Crippen LogP contribution in [0.5, 0.6) is 5.75 Å². The Morgan fingerprint density at radius 3 is 2.62 bits per heavy atom. The molecule has 1 unspecified atom stereocenters. The summed E-state index contributed by atoms with van der Waals surface area (Å²) in [4.78, 5) is 14.5. The first-order valence-corrected chi connectivity index (χ1v) is 8.46. The van der Waals surface area contributed by atoms with Gasteiger partial charge in [-0.15, -0.1) is 0 Å². The second-order valence-corrected chi connectivity index (χ2v) is 7.20. The molecule has 1 fully saturated rings. The zero-order valence-corrected chi connectivity index (χ0v) is 14.9. The molecule has 1 aliphatic rings. The molecule has 0 spiro atoms. The van der Waals surface area contributed by atoms with Crippen LogP contribution >= 0.6 is 27.5 Å². The fraction of sp³-hybridized carbons (Fsp3) is 0.562. The summed E-state index contributed by atoms with van der Waals surface area (Å²) >= 11 is 9.45. The van der Waals surface area contributed by atoms with Crippen molar-refractivity contribution in [3.63, 3.8) is 0 Å². The van der Waals surface area contributed by atoms with Crippen LogP contribution in [0.25, 0.3) is 0 Å². The quantitative estimate of drug-likeness (QED) is 0.733. The first-order chi connectivity index (χ1) is 9.90. The van der Waals surface area contributed by atoms with Crippen LogP contribution in [-0.4, -0.2) is 29.5 Å². The summed E-state index contributed by atoms with van der Waals surface area (Å²) in [6.45, 7) is 6.42. The van der Waals surface area contributed by atoms with Gasteiger partial charge < -0.3 is 9.64 Å². The van der Waals surface area contributed by atoms with Gasteiger partial charge in [-0.1, -0.05) is 41.4 Å². The third-order valence-electron chi connectivity index (χ3n) is 3.88. The maximum Gasteiger partial charge on any atom is 0.261 e. The van der Waals surface area contributed by atoms with E-state index < -0.39 is 0 Å². The van der Waals surface area contributed by atoms with Gasteiger partial charge in [-0.3, -0.25) is 4.79 Å². The van der Waals surface area contributed by atoms with Crippen LogP contribution in [0.15, 0.2) is 22.7 Å². The molecule has 1 aliphatic carbocycles. The van der Waals surface area contributed by atoms with Gasteiger partial charge >= 0.3 is 0 Å².